The Morgan fingerprint density at radius 2 is 0.600 bits per heavy atom. The topological polar surface area (TPSA) is 0 Å². The highest BCUT2D eigenvalue weighted by Crippen LogP contribution is 2.10. The maximum atomic E-state index is 7.60. The van der Waals surface area contributed by atoms with E-state index in [-0.39, 0.29) is 0 Å². The van der Waals surface area contributed by atoms with Crippen molar-refractivity contribution in [2.45, 2.75) is 0 Å². The van der Waals surface area contributed by atoms with Crippen LogP contribution in [0.15, 0.2) is 109 Å². The van der Waals surface area contributed by atoms with Gasteiger partial charge in [-0.25, -0.2) is 0 Å². The van der Waals surface area contributed by atoms with Crippen molar-refractivity contribution in [3.05, 3.63) is 143 Å². The lowest BCUT2D eigenvalue weighted by atomic mass is 10.0. The van der Waals surface area contributed by atoms with Gasteiger partial charge in [-0.05, 0) is 54.6 Å². The van der Waals surface area contributed by atoms with Crippen LogP contribution in [-0.2, 0) is 0 Å². The smallest absolute Gasteiger partial charge is 0.0622 e. The van der Waals surface area contributed by atoms with E-state index < -0.39 is 0 Å². The second-order valence-electron chi connectivity index (χ2n) is 6.42. The molecule has 0 fully saturated rings. The summed E-state index contributed by atoms with van der Waals surface area (Å²) in [5.41, 5.74) is 4.89. The van der Waals surface area contributed by atoms with Crippen LogP contribution in [0.4, 0.5) is 0 Å². The standard InChI is InChI=1S/C30H18/c1-4-10-25(11-5-1)16-19-28-22-29(20-17-26-12-6-2-7-13-26)24-30(23-28)21-18-27-14-8-3-9-15-27/h1-15,22-24H/i1T,2T,3T. The number of benzene rings is 4. The number of rotatable bonds is 0. The summed E-state index contributed by atoms with van der Waals surface area (Å²) in [5.74, 6) is 18.9. The van der Waals surface area contributed by atoms with E-state index in [2.05, 4.69) is 35.5 Å². The maximum absolute atomic E-state index is 7.60. The minimum Gasteiger partial charge on any atom is -0.0622 e. The molecule has 0 aliphatic heterocycles. The molecule has 0 saturated heterocycles. The minimum absolute atomic E-state index is 0.451. The average Bonchev–Trinajstić information content (AvgIpc) is 2.83. The molecule has 0 heterocycles. The zero-order valence-corrected chi connectivity index (χ0v) is 16.2. The lowest BCUT2D eigenvalue weighted by molar-refractivity contribution is 1.55. The van der Waals surface area contributed by atoms with Crippen molar-refractivity contribution in [3.63, 3.8) is 0 Å². The summed E-state index contributed by atoms with van der Waals surface area (Å²) in [6, 6.07) is 28.4. The molecular weight excluding hydrogens is 360 g/mol. The zero-order chi connectivity index (χ0) is 23.0. The van der Waals surface area contributed by atoms with Gasteiger partial charge in [-0.15, -0.1) is 0 Å². The van der Waals surface area contributed by atoms with Crippen LogP contribution in [0.3, 0.4) is 0 Å². The van der Waals surface area contributed by atoms with Crippen molar-refractivity contribution in [1.29, 1.82) is 0 Å². The SMILES string of the molecule is [3H]c1ccc(C#Cc2cc(C#Cc3ccc([3H])cc3)cc(C#Cc3ccc([3H])cc3)c2)cc1. The molecule has 0 bridgehead atoms. The van der Waals surface area contributed by atoms with Gasteiger partial charge < -0.3 is 0 Å². The lowest BCUT2D eigenvalue weighted by Crippen LogP contribution is -1.85. The fourth-order valence-electron chi connectivity index (χ4n) is 2.69. The van der Waals surface area contributed by atoms with Crippen molar-refractivity contribution < 1.29 is 4.11 Å². The normalized spacial score (nSPS) is 10.6. The Bertz CT molecular complexity index is 1260. The van der Waals surface area contributed by atoms with Crippen LogP contribution in [0, 0.1) is 35.5 Å². The molecule has 0 heteroatoms. The fraction of sp³-hybridized carbons (Fsp3) is 0. The summed E-state index contributed by atoms with van der Waals surface area (Å²) in [6.07, 6.45) is 0. The molecule has 4 aromatic rings. The highest BCUT2D eigenvalue weighted by Gasteiger charge is 1.97. The van der Waals surface area contributed by atoms with Gasteiger partial charge in [-0.3, -0.25) is 0 Å². The largest absolute Gasteiger partial charge is 0.0623 e. The molecule has 4 rings (SSSR count). The van der Waals surface area contributed by atoms with E-state index in [1.54, 1.807) is 36.4 Å². The molecular formula is C30H18. The van der Waals surface area contributed by atoms with E-state index in [1.165, 1.54) is 0 Å². The third-order valence-electron chi connectivity index (χ3n) is 4.14. The van der Waals surface area contributed by atoms with Crippen molar-refractivity contribution in [2.75, 3.05) is 0 Å². The van der Waals surface area contributed by atoms with E-state index in [4.69, 9.17) is 4.11 Å². The van der Waals surface area contributed by atoms with Crippen molar-refractivity contribution in [2.24, 2.45) is 0 Å². The third kappa shape index (κ3) is 5.53. The van der Waals surface area contributed by atoms with Gasteiger partial charge in [-0.2, -0.15) is 0 Å². The predicted molar refractivity (Wildman–Crippen MR) is 124 cm³/mol. The molecule has 0 radical (unpaired) electrons. The molecule has 0 atom stereocenters. The first-order valence-corrected chi connectivity index (χ1v) is 9.45. The summed E-state index contributed by atoms with van der Waals surface area (Å²) in [7, 11) is 0. The van der Waals surface area contributed by atoms with Gasteiger partial charge in [0, 0.05) is 33.4 Å². The minimum atomic E-state index is 0.451. The summed E-state index contributed by atoms with van der Waals surface area (Å²) in [4.78, 5) is 0. The molecule has 138 valence electrons. The lowest BCUT2D eigenvalue weighted by Gasteiger charge is -1.98. The second-order valence-corrected chi connectivity index (χ2v) is 6.42. The molecule has 0 N–H and O–H groups in total. The van der Waals surface area contributed by atoms with Crippen LogP contribution in [0.1, 0.15) is 37.5 Å². The monoisotopic (exact) mass is 384 g/mol. The Labute approximate surface area is 182 Å². The predicted octanol–water partition coefficient (Wildman–Crippen LogP) is 5.89. The van der Waals surface area contributed by atoms with E-state index in [9.17, 15) is 0 Å². The zero-order valence-electron chi connectivity index (χ0n) is 19.2. The van der Waals surface area contributed by atoms with Crippen LogP contribution in [-0.4, -0.2) is 0 Å². The molecule has 0 unspecified atom stereocenters. The first-order valence-electron chi connectivity index (χ1n) is 10.9. The molecule has 0 spiro atoms. The first-order chi connectivity index (χ1) is 16.0. The van der Waals surface area contributed by atoms with Crippen LogP contribution in [0.25, 0.3) is 0 Å². The Balaban J connectivity index is 1.70. The van der Waals surface area contributed by atoms with E-state index in [0.717, 1.165) is 33.4 Å². The molecule has 0 saturated carbocycles. The summed E-state index contributed by atoms with van der Waals surface area (Å²) < 4.78 is 22.8. The Morgan fingerprint density at radius 1 is 0.367 bits per heavy atom. The first kappa shape index (κ1) is 15.5. The van der Waals surface area contributed by atoms with Crippen LogP contribution in [0.2, 0.25) is 0 Å². The molecule has 0 aromatic heterocycles. The third-order valence-corrected chi connectivity index (χ3v) is 4.14. The number of hydrogen-bond donors (Lipinski definition) is 0. The summed E-state index contributed by atoms with van der Waals surface area (Å²) >= 11 is 0. The van der Waals surface area contributed by atoms with Gasteiger partial charge in [0.15, 0.2) is 0 Å². The fourth-order valence-corrected chi connectivity index (χ4v) is 2.69. The van der Waals surface area contributed by atoms with Gasteiger partial charge in [0.05, 0.1) is 4.11 Å². The maximum Gasteiger partial charge on any atom is 0.0623 e. The molecule has 0 aliphatic rings. The molecule has 30 heavy (non-hydrogen) atoms. The summed E-state index contributed by atoms with van der Waals surface area (Å²) in [5, 5.41) is 0. The number of hydrogen-bond acceptors (Lipinski definition) is 0. The van der Waals surface area contributed by atoms with Crippen molar-refractivity contribution in [1.82, 2.24) is 0 Å². The van der Waals surface area contributed by atoms with Crippen molar-refractivity contribution in [3.8, 4) is 35.5 Å². The summed E-state index contributed by atoms with van der Waals surface area (Å²) in [6.45, 7) is 0. The van der Waals surface area contributed by atoms with Crippen LogP contribution in [0.5, 0.6) is 0 Å². The highest BCUT2D eigenvalue weighted by molar-refractivity contribution is 5.55. The Morgan fingerprint density at radius 3 is 0.867 bits per heavy atom. The highest BCUT2D eigenvalue weighted by atomic mass is 14.0. The molecule has 0 aliphatic carbocycles. The Hall–Kier alpha value is -4.44. The molecule has 4 aromatic carbocycles. The van der Waals surface area contributed by atoms with Crippen molar-refractivity contribution >= 4 is 0 Å². The van der Waals surface area contributed by atoms with Crippen LogP contribution >= 0.6 is 0 Å². The van der Waals surface area contributed by atoms with Gasteiger partial charge in [-0.1, -0.05) is 90.0 Å². The van der Waals surface area contributed by atoms with Gasteiger partial charge in [0.1, 0.15) is 0 Å². The van der Waals surface area contributed by atoms with E-state index >= 15 is 0 Å². The van der Waals surface area contributed by atoms with Gasteiger partial charge in [0.25, 0.3) is 0 Å². The second kappa shape index (κ2) is 9.66. The van der Waals surface area contributed by atoms with E-state index in [1.807, 2.05) is 54.6 Å². The Kier molecular flexibility index (Phi) is 4.99. The average molecular weight is 384 g/mol. The quantitative estimate of drug-likeness (QED) is 0.332. The molecule has 0 nitrogen and oxygen atoms in total. The van der Waals surface area contributed by atoms with Gasteiger partial charge in [0.2, 0.25) is 0 Å². The molecule has 0 amide bonds. The van der Waals surface area contributed by atoms with E-state index in [0.29, 0.717) is 18.1 Å². The van der Waals surface area contributed by atoms with Gasteiger partial charge >= 0.3 is 0 Å². The van der Waals surface area contributed by atoms with Crippen LogP contribution < -0.4 is 0 Å².